The van der Waals surface area contributed by atoms with E-state index in [1.807, 2.05) is 42.5 Å². The molecule has 4 rings (SSSR count). The molecule has 0 bridgehead atoms. The van der Waals surface area contributed by atoms with Crippen molar-refractivity contribution in [3.63, 3.8) is 0 Å². The van der Waals surface area contributed by atoms with Crippen molar-refractivity contribution < 1.29 is 9.90 Å². The van der Waals surface area contributed by atoms with Gasteiger partial charge in [0.05, 0.1) is 29.0 Å². The maximum Gasteiger partial charge on any atom is 0.337 e. The van der Waals surface area contributed by atoms with E-state index in [9.17, 15) is 9.90 Å². The Hall–Kier alpha value is -3.27. The van der Waals surface area contributed by atoms with Gasteiger partial charge in [0.15, 0.2) is 0 Å². The smallest absolute Gasteiger partial charge is 0.337 e. The number of carboxylic acid groups (broad SMARTS) is 1. The van der Waals surface area contributed by atoms with Crippen molar-refractivity contribution >= 4 is 17.3 Å². The van der Waals surface area contributed by atoms with Crippen LogP contribution in [-0.4, -0.2) is 11.1 Å². The molecule has 0 saturated carbocycles. The molecule has 25 heavy (non-hydrogen) atoms. The van der Waals surface area contributed by atoms with Gasteiger partial charge in [-0.25, -0.2) is 4.79 Å². The number of para-hydroxylation sites is 1. The normalized spacial score (nSPS) is 18.6. The third-order valence-electron chi connectivity index (χ3n) is 4.56. The Bertz CT molecular complexity index is 894. The fourth-order valence-corrected chi connectivity index (χ4v) is 3.37. The van der Waals surface area contributed by atoms with Crippen LogP contribution in [0.25, 0.3) is 0 Å². The molecule has 1 aliphatic rings. The van der Waals surface area contributed by atoms with Gasteiger partial charge in [-0.2, -0.15) is 0 Å². The lowest BCUT2D eigenvalue weighted by Crippen LogP contribution is -2.31. The van der Waals surface area contributed by atoms with E-state index < -0.39 is 5.97 Å². The number of rotatable bonds is 3. The second kappa shape index (κ2) is 6.32. The predicted molar refractivity (Wildman–Crippen MR) is 99.0 cm³/mol. The molecule has 0 unspecified atom stereocenters. The molecular formula is C21H18N2O2. The average molecular weight is 330 g/mol. The number of hydrogen-bond donors (Lipinski definition) is 3. The zero-order chi connectivity index (χ0) is 17.2. The van der Waals surface area contributed by atoms with Crippen LogP contribution in [0.15, 0.2) is 78.9 Å². The topological polar surface area (TPSA) is 61.4 Å². The fourth-order valence-electron chi connectivity index (χ4n) is 3.37. The number of nitrogens with one attached hydrogen (secondary N) is 2. The number of aromatic carboxylic acids is 1. The van der Waals surface area contributed by atoms with Gasteiger partial charge in [0.1, 0.15) is 0 Å². The third kappa shape index (κ3) is 2.83. The SMILES string of the molecule is O=C(O)c1cccc2c1N[C@H](c1ccccc1)[C@H](c1ccccc1)N2. The number of carboxylic acids is 1. The standard InChI is InChI=1S/C21H18N2O2/c24-21(25)16-12-7-13-17-20(16)23-19(15-10-5-2-6-11-15)18(22-17)14-8-3-1-4-9-14/h1-13,18-19,22-23H,(H,24,25)/t18-,19+/m0/s1. The molecule has 0 amide bonds. The monoisotopic (exact) mass is 330 g/mol. The Kier molecular flexibility index (Phi) is 3.86. The van der Waals surface area contributed by atoms with Gasteiger partial charge < -0.3 is 15.7 Å². The first-order valence-corrected chi connectivity index (χ1v) is 8.23. The van der Waals surface area contributed by atoms with E-state index in [1.54, 1.807) is 12.1 Å². The lowest BCUT2D eigenvalue weighted by atomic mass is 9.90. The molecule has 124 valence electrons. The van der Waals surface area contributed by atoms with Crippen LogP contribution in [0, 0.1) is 0 Å². The first-order valence-electron chi connectivity index (χ1n) is 8.23. The summed E-state index contributed by atoms with van der Waals surface area (Å²) >= 11 is 0. The maximum absolute atomic E-state index is 11.6. The lowest BCUT2D eigenvalue weighted by Gasteiger charge is -2.37. The summed E-state index contributed by atoms with van der Waals surface area (Å²) in [5.74, 6) is -0.934. The van der Waals surface area contributed by atoms with Gasteiger partial charge in [-0.3, -0.25) is 0 Å². The van der Waals surface area contributed by atoms with Crippen molar-refractivity contribution in [2.45, 2.75) is 12.1 Å². The summed E-state index contributed by atoms with van der Waals surface area (Å²) in [6.07, 6.45) is 0. The minimum atomic E-state index is -0.934. The van der Waals surface area contributed by atoms with Crippen molar-refractivity contribution in [1.29, 1.82) is 0 Å². The molecule has 0 fully saturated rings. The van der Waals surface area contributed by atoms with Crippen LogP contribution in [0.2, 0.25) is 0 Å². The van der Waals surface area contributed by atoms with E-state index in [4.69, 9.17) is 0 Å². The predicted octanol–water partition coefficient (Wildman–Crippen LogP) is 4.70. The molecule has 4 nitrogen and oxygen atoms in total. The van der Waals surface area contributed by atoms with Gasteiger partial charge in [0.25, 0.3) is 0 Å². The average Bonchev–Trinajstić information content (AvgIpc) is 2.67. The molecule has 0 spiro atoms. The van der Waals surface area contributed by atoms with E-state index in [-0.39, 0.29) is 17.6 Å². The van der Waals surface area contributed by atoms with Crippen molar-refractivity contribution in [1.82, 2.24) is 0 Å². The second-order valence-corrected chi connectivity index (χ2v) is 6.10. The van der Waals surface area contributed by atoms with Crippen molar-refractivity contribution in [3.05, 3.63) is 95.6 Å². The van der Waals surface area contributed by atoms with Gasteiger partial charge in [-0.15, -0.1) is 0 Å². The number of hydrogen-bond acceptors (Lipinski definition) is 3. The first kappa shape index (κ1) is 15.3. The summed E-state index contributed by atoms with van der Waals surface area (Å²) in [5, 5.41) is 16.5. The summed E-state index contributed by atoms with van der Waals surface area (Å²) in [4.78, 5) is 11.6. The second-order valence-electron chi connectivity index (χ2n) is 6.10. The quantitative estimate of drug-likeness (QED) is 0.651. The van der Waals surface area contributed by atoms with E-state index in [0.29, 0.717) is 5.69 Å². The summed E-state index contributed by atoms with van der Waals surface area (Å²) in [7, 11) is 0. The molecule has 3 aromatic carbocycles. The van der Waals surface area contributed by atoms with Crippen LogP contribution in [0.1, 0.15) is 33.6 Å². The number of carbonyl (C=O) groups is 1. The van der Waals surface area contributed by atoms with Crippen molar-refractivity contribution in [2.24, 2.45) is 0 Å². The molecule has 1 heterocycles. The highest BCUT2D eigenvalue weighted by molar-refractivity contribution is 5.98. The van der Waals surface area contributed by atoms with Crippen LogP contribution in [0.3, 0.4) is 0 Å². The Labute approximate surface area is 146 Å². The minimum absolute atomic E-state index is 0.000134. The van der Waals surface area contributed by atoms with E-state index >= 15 is 0 Å². The Morgan fingerprint density at radius 2 is 1.28 bits per heavy atom. The molecule has 0 radical (unpaired) electrons. The molecule has 3 N–H and O–H groups in total. The number of fused-ring (bicyclic) bond motifs is 1. The summed E-state index contributed by atoms with van der Waals surface area (Å²) in [6, 6.07) is 25.5. The molecule has 0 aliphatic carbocycles. The van der Waals surface area contributed by atoms with E-state index in [2.05, 4.69) is 34.9 Å². The molecular weight excluding hydrogens is 312 g/mol. The van der Waals surface area contributed by atoms with Gasteiger partial charge in [-0.05, 0) is 23.3 Å². The molecule has 0 saturated heterocycles. The minimum Gasteiger partial charge on any atom is -0.478 e. The molecule has 1 aliphatic heterocycles. The van der Waals surface area contributed by atoms with Crippen LogP contribution in [-0.2, 0) is 0 Å². The molecule has 3 aromatic rings. The van der Waals surface area contributed by atoms with E-state index in [1.165, 1.54) is 0 Å². The van der Waals surface area contributed by atoms with Crippen LogP contribution >= 0.6 is 0 Å². The largest absolute Gasteiger partial charge is 0.478 e. The molecule has 0 aromatic heterocycles. The van der Waals surface area contributed by atoms with Gasteiger partial charge >= 0.3 is 5.97 Å². The lowest BCUT2D eigenvalue weighted by molar-refractivity contribution is 0.0698. The van der Waals surface area contributed by atoms with Crippen LogP contribution in [0.4, 0.5) is 11.4 Å². The van der Waals surface area contributed by atoms with Gasteiger partial charge in [0.2, 0.25) is 0 Å². The Morgan fingerprint density at radius 3 is 1.84 bits per heavy atom. The van der Waals surface area contributed by atoms with Crippen LogP contribution < -0.4 is 10.6 Å². The third-order valence-corrected chi connectivity index (χ3v) is 4.56. The van der Waals surface area contributed by atoms with Crippen molar-refractivity contribution in [2.75, 3.05) is 10.6 Å². The summed E-state index contributed by atoms with van der Waals surface area (Å²) in [6.45, 7) is 0. The van der Waals surface area contributed by atoms with Crippen molar-refractivity contribution in [3.8, 4) is 0 Å². The maximum atomic E-state index is 11.6. The Morgan fingerprint density at radius 1 is 0.720 bits per heavy atom. The van der Waals surface area contributed by atoms with Gasteiger partial charge in [0, 0.05) is 0 Å². The number of benzene rings is 3. The van der Waals surface area contributed by atoms with Crippen LogP contribution in [0.5, 0.6) is 0 Å². The first-order chi connectivity index (χ1) is 12.2. The highest BCUT2D eigenvalue weighted by Gasteiger charge is 2.32. The van der Waals surface area contributed by atoms with Gasteiger partial charge in [-0.1, -0.05) is 66.7 Å². The zero-order valence-corrected chi connectivity index (χ0v) is 13.5. The zero-order valence-electron chi connectivity index (χ0n) is 13.5. The molecule has 4 heteroatoms. The summed E-state index contributed by atoms with van der Waals surface area (Å²) in [5.41, 5.74) is 3.97. The number of anilines is 2. The summed E-state index contributed by atoms with van der Waals surface area (Å²) < 4.78 is 0. The van der Waals surface area contributed by atoms with E-state index in [0.717, 1.165) is 16.8 Å². The fraction of sp³-hybridized carbons (Fsp3) is 0.0952. The molecule has 2 atom stereocenters. The Balaban J connectivity index is 1.84. The highest BCUT2D eigenvalue weighted by Crippen LogP contribution is 2.43. The highest BCUT2D eigenvalue weighted by atomic mass is 16.4.